The maximum Gasteiger partial charge on any atom is 0.244 e. The van der Waals surface area contributed by atoms with Crippen LogP contribution in [0.25, 0.3) is 0 Å². The maximum absolute atomic E-state index is 14.1. The molecule has 0 aliphatic carbocycles. The third kappa shape index (κ3) is 6.00. The molecule has 0 unspecified atom stereocenters. The zero-order chi connectivity index (χ0) is 23.4. The third-order valence-corrected chi connectivity index (χ3v) is 7.17. The largest absolute Gasteiger partial charge is 0.325 e. The predicted molar refractivity (Wildman–Crippen MR) is 119 cm³/mol. The van der Waals surface area contributed by atoms with E-state index in [4.69, 9.17) is 0 Å². The fourth-order valence-corrected chi connectivity index (χ4v) is 4.93. The first-order chi connectivity index (χ1) is 15.1. The van der Waals surface area contributed by atoms with Gasteiger partial charge in [0.15, 0.2) is 9.84 Å². The van der Waals surface area contributed by atoms with E-state index in [0.29, 0.717) is 5.56 Å². The smallest absolute Gasteiger partial charge is 0.244 e. The lowest BCUT2D eigenvalue weighted by Gasteiger charge is -2.19. The number of rotatable bonds is 8. The molecule has 168 valence electrons. The average Bonchev–Trinajstić information content (AvgIpc) is 2.73. The molecule has 1 atom stereocenters. The normalized spacial score (nSPS) is 12.8. The summed E-state index contributed by atoms with van der Waals surface area (Å²) >= 11 is 0. The SMILES string of the molecule is CS(=O)(=O)c1cccc(NC(=O)[C@H](Cc2ccccc2)NS(=O)(=O)c2ccccc2F)c1. The van der Waals surface area contributed by atoms with Crippen molar-refractivity contribution in [1.29, 1.82) is 0 Å². The molecule has 7 nitrogen and oxygen atoms in total. The Kier molecular flexibility index (Phi) is 7.07. The molecule has 10 heteroatoms. The molecule has 0 heterocycles. The predicted octanol–water partition coefficient (Wildman–Crippen LogP) is 2.76. The summed E-state index contributed by atoms with van der Waals surface area (Å²) in [6.45, 7) is 0. The molecule has 0 spiro atoms. The van der Waals surface area contributed by atoms with E-state index < -0.39 is 42.5 Å². The van der Waals surface area contributed by atoms with Gasteiger partial charge in [0.25, 0.3) is 0 Å². The molecule has 32 heavy (non-hydrogen) atoms. The highest BCUT2D eigenvalue weighted by Gasteiger charge is 2.28. The van der Waals surface area contributed by atoms with E-state index in [1.165, 1.54) is 36.4 Å². The van der Waals surface area contributed by atoms with Crippen molar-refractivity contribution in [2.24, 2.45) is 0 Å². The Balaban J connectivity index is 1.91. The van der Waals surface area contributed by atoms with E-state index in [1.807, 2.05) is 0 Å². The molecule has 0 aliphatic rings. The number of halogens is 1. The number of sulfonamides is 1. The Labute approximate surface area is 186 Å². The van der Waals surface area contributed by atoms with Gasteiger partial charge in [-0.3, -0.25) is 4.79 Å². The van der Waals surface area contributed by atoms with Crippen LogP contribution in [0, 0.1) is 5.82 Å². The second-order valence-corrected chi connectivity index (χ2v) is 10.8. The number of hydrogen-bond acceptors (Lipinski definition) is 5. The number of carbonyl (C=O) groups is 1. The minimum absolute atomic E-state index is 0.00171. The van der Waals surface area contributed by atoms with E-state index in [9.17, 15) is 26.0 Å². The number of nitrogens with one attached hydrogen (secondary N) is 2. The molecular weight excluding hydrogens is 455 g/mol. The third-order valence-electron chi connectivity index (χ3n) is 4.55. The monoisotopic (exact) mass is 476 g/mol. The number of sulfone groups is 1. The van der Waals surface area contributed by atoms with E-state index >= 15 is 0 Å². The zero-order valence-electron chi connectivity index (χ0n) is 17.0. The number of carbonyl (C=O) groups excluding carboxylic acids is 1. The topological polar surface area (TPSA) is 109 Å². The van der Waals surface area contributed by atoms with Gasteiger partial charge in [0.2, 0.25) is 15.9 Å². The highest BCUT2D eigenvalue weighted by molar-refractivity contribution is 7.90. The van der Waals surface area contributed by atoms with Gasteiger partial charge >= 0.3 is 0 Å². The summed E-state index contributed by atoms with van der Waals surface area (Å²) < 4.78 is 65.5. The Morgan fingerprint density at radius 2 is 1.56 bits per heavy atom. The molecule has 3 aromatic rings. The van der Waals surface area contributed by atoms with Crippen molar-refractivity contribution >= 4 is 31.5 Å². The minimum atomic E-state index is -4.36. The lowest BCUT2D eigenvalue weighted by molar-refractivity contribution is -0.117. The maximum atomic E-state index is 14.1. The van der Waals surface area contributed by atoms with Gasteiger partial charge in [-0.05, 0) is 42.3 Å². The van der Waals surface area contributed by atoms with Crippen molar-refractivity contribution in [3.63, 3.8) is 0 Å². The van der Waals surface area contributed by atoms with Crippen LogP contribution in [0.5, 0.6) is 0 Å². The molecule has 0 saturated carbocycles. The van der Waals surface area contributed by atoms with Crippen molar-refractivity contribution in [2.75, 3.05) is 11.6 Å². The van der Waals surface area contributed by atoms with Crippen molar-refractivity contribution in [3.05, 3.63) is 90.2 Å². The highest BCUT2D eigenvalue weighted by Crippen LogP contribution is 2.18. The van der Waals surface area contributed by atoms with Gasteiger partial charge in [0.05, 0.1) is 4.90 Å². The summed E-state index contributed by atoms with van der Waals surface area (Å²) in [4.78, 5) is 12.4. The summed E-state index contributed by atoms with van der Waals surface area (Å²) in [7, 11) is -7.86. The second kappa shape index (κ2) is 9.60. The van der Waals surface area contributed by atoms with Crippen LogP contribution in [0.15, 0.2) is 88.7 Å². The summed E-state index contributed by atoms with van der Waals surface area (Å²) in [5, 5.41) is 2.54. The van der Waals surface area contributed by atoms with Gasteiger partial charge < -0.3 is 5.32 Å². The molecule has 0 fully saturated rings. The van der Waals surface area contributed by atoms with Crippen molar-refractivity contribution in [1.82, 2.24) is 4.72 Å². The van der Waals surface area contributed by atoms with E-state index in [1.54, 1.807) is 30.3 Å². The summed E-state index contributed by atoms with van der Waals surface area (Å²) in [6, 6.07) is 17.9. The fraction of sp³-hybridized carbons (Fsp3) is 0.136. The molecule has 0 saturated heterocycles. The van der Waals surface area contributed by atoms with E-state index in [2.05, 4.69) is 10.0 Å². The van der Waals surface area contributed by atoms with Crippen LogP contribution < -0.4 is 10.0 Å². The summed E-state index contributed by atoms with van der Waals surface area (Å²) in [5.74, 6) is -1.67. The highest BCUT2D eigenvalue weighted by atomic mass is 32.2. The van der Waals surface area contributed by atoms with Crippen LogP contribution in [0.3, 0.4) is 0 Å². The van der Waals surface area contributed by atoms with E-state index in [0.717, 1.165) is 18.4 Å². The first kappa shape index (κ1) is 23.6. The standard InChI is InChI=1S/C22H21FN2O5S2/c1-31(27,28)18-11-7-10-17(15-18)24-22(26)20(14-16-8-3-2-4-9-16)25-32(29,30)21-13-6-5-12-19(21)23/h2-13,15,20,25H,14H2,1H3,(H,24,26)/t20-/m0/s1. The Morgan fingerprint density at radius 3 is 2.22 bits per heavy atom. The van der Waals surface area contributed by atoms with Crippen LogP contribution in [0.1, 0.15) is 5.56 Å². The quantitative estimate of drug-likeness (QED) is 0.520. The summed E-state index contributed by atoms with van der Waals surface area (Å²) in [6.07, 6.45) is 1.03. The Hall–Kier alpha value is -3.08. The van der Waals surface area contributed by atoms with Crippen molar-refractivity contribution in [2.45, 2.75) is 22.3 Å². The number of hydrogen-bond donors (Lipinski definition) is 2. The van der Waals surface area contributed by atoms with Crippen LogP contribution in [0.4, 0.5) is 10.1 Å². The second-order valence-electron chi connectivity index (χ2n) is 7.08. The molecule has 0 radical (unpaired) electrons. The fourth-order valence-electron chi connectivity index (χ4n) is 2.98. The molecule has 3 aromatic carbocycles. The van der Waals surface area contributed by atoms with Gasteiger partial charge in [0, 0.05) is 11.9 Å². The molecule has 2 N–H and O–H groups in total. The van der Waals surface area contributed by atoms with Crippen molar-refractivity contribution in [3.8, 4) is 0 Å². The molecule has 0 aliphatic heterocycles. The molecule has 1 amide bonds. The Morgan fingerprint density at radius 1 is 0.906 bits per heavy atom. The first-order valence-corrected chi connectivity index (χ1v) is 12.9. The van der Waals surface area contributed by atoms with Crippen LogP contribution in [0.2, 0.25) is 0 Å². The minimum Gasteiger partial charge on any atom is -0.325 e. The van der Waals surface area contributed by atoms with Gasteiger partial charge in [0.1, 0.15) is 16.8 Å². The Bertz CT molecular complexity index is 1330. The number of anilines is 1. The van der Waals surface area contributed by atoms with Gasteiger partial charge in [-0.25, -0.2) is 21.2 Å². The summed E-state index contributed by atoms with van der Waals surface area (Å²) in [5.41, 5.74) is 0.856. The number of benzene rings is 3. The first-order valence-electron chi connectivity index (χ1n) is 9.48. The van der Waals surface area contributed by atoms with Crippen LogP contribution in [-0.4, -0.2) is 35.0 Å². The van der Waals surface area contributed by atoms with Gasteiger partial charge in [-0.15, -0.1) is 0 Å². The molecular formula is C22H21FN2O5S2. The van der Waals surface area contributed by atoms with Crippen LogP contribution in [-0.2, 0) is 31.1 Å². The molecule has 3 rings (SSSR count). The van der Waals surface area contributed by atoms with Gasteiger partial charge in [-0.2, -0.15) is 4.72 Å². The number of amides is 1. The van der Waals surface area contributed by atoms with Gasteiger partial charge in [-0.1, -0.05) is 48.5 Å². The van der Waals surface area contributed by atoms with E-state index in [-0.39, 0.29) is 17.0 Å². The van der Waals surface area contributed by atoms with Crippen LogP contribution >= 0.6 is 0 Å². The molecule has 0 bridgehead atoms. The zero-order valence-corrected chi connectivity index (χ0v) is 18.7. The van der Waals surface area contributed by atoms with Crippen molar-refractivity contribution < 1.29 is 26.0 Å². The lowest BCUT2D eigenvalue weighted by atomic mass is 10.1. The average molecular weight is 477 g/mol. The lowest BCUT2D eigenvalue weighted by Crippen LogP contribution is -2.45. The molecule has 0 aromatic heterocycles.